The molecule has 3 heterocycles. The van der Waals surface area contributed by atoms with Gasteiger partial charge in [-0.3, -0.25) is 4.79 Å². The summed E-state index contributed by atoms with van der Waals surface area (Å²) in [6.07, 6.45) is 4.03. The molecule has 1 aromatic heterocycles. The Kier molecular flexibility index (Phi) is 4.88. The SMILES string of the molecule is O=C(NCCC1CCNC1)C1CCN(c2nc3ccccc3o2)CC1. The molecule has 0 bridgehead atoms. The summed E-state index contributed by atoms with van der Waals surface area (Å²) in [6.45, 7) is 4.65. The molecule has 6 heteroatoms. The van der Waals surface area contributed by atoms with E-state index in [9.17, 15) is 4.79 Å². The normalized spacial score (nSPS) is 21.8. The van der Waals surface area contributed by atoms with Gasteiger partial charge in [0.15, 0.2) is 5.58 Å². The molecule has 4 rings (SSSR count). The Morgan fingerprint density at radius 2 is 2.12 bits per heavy atom. The Morgan fingerprint density at radius 3 is 2.88 bits per heavy atom. The van der Waals surface area contributed by atoms with Crippen molar-refractivity contribution in [1.29, 1.82) is 0 Å². The summed E-state index contributed by atoms with van der Waals surface area (Å²) in [6, 6.07) is 8.49. The minimum absolute atomic E-state index is 0.113. The Morgan fingerprint density at radius 1 is 1.28 bits per heavy atom. The van der Waals surface area contributed by atoms with Crippen molar-refractivity contribution in [3.63, 3.8) is 0 Å². The van der Waals surface area contributed by atoms with Crippen LogP contribution in [0, 0.1) is 11.8 Å². The standard InChI is InChI=1S/C19H26N4O2/c24-18(21-10-6-14-5-9-20-13-14)15-7-11-23(12-8-15)19-22-16-3-1-2-4-17(16)25-19/h1-4,14-15,20H,5-13H2,(H,21,24). The van der Waals surface area contributed by atoms with Crippen molar-refractivity contribution in [2.75, 3.05) is 37.6 Å². The lowest BCUT2D eigenvalue weighted by molar-refractivity contribution is -0.125. The Balaban J connectivity index is 1.25. The van der Waals surface area contributed by atoms with E-state index in [2.05, 4.69) is 20.5 Å². The molecule has 134 valence electrons. The molecule has 0 aliphatic carbocycles. The third-order valence-corrected chi connectivity index (χ3v) is 5.43. The van der Waals surface area contributed by atoms with Gasteiger partial charge in [0.05, 0.1) is 0 Å². The van der Waals surface area contributed by atoms with Gasteiger partial charge in [-0.05, 0) is 56.8 Å². The smallest absolute Gasteiger partial charge is 0.298 e. The third kappa shape index (κ3) is 3.79. The summed E-state index contributed by atoms with van der Waals surface area (Å²) in [7, 11) is 0. The van der Waals surface area contributed by atoms with Gasteiger partial charge in [0.2, 0.25) is 5.91 Å². The van der Waals surface area contributed by atoms with Crippen LogP contribution in [0.1, 0.15) is 25.7 Å². The number of fused-ring (bicyclic) bond motifs is 1. The molecule has 2 aliphatic rings. The molecule has 2 saturated heterocycles. The van der Waals surface area contributed by atoms with Crippen molar-refractivity contribution >= 4 is 23.0 Å². The van der Waals surface area contributed by atoms with Crippen molar-refractivity contribution in [1.82, 2.24) is 15.6 Å². The van der Waals surface area contributed by atoms with Crippen molar-refractivity contribution in [3.8, 4) is 0 Å². The predicted molar refractivity (Wildman–Crippen MR) is 97.5 cm³/mol. The maximum atomic E-state index is 12.4. The molecule has 0 spiro atoms. The number of hydrogen-bond donors (Lipinski definition) is 2. The lowest BCUT2D eigenvalue weighted by atomic mass is 9.96. The number of carbonyl (C=O) groups is 1. The zero-order valence-electron chi connectivity index (χ0n) is 14.5. The number of hydrogen-bond acceptors (Lipinski definition) is 5. The van der Waals surface area contributed by atoms with E-state index in [4.69, 9.17) is 4.42 Å². The Labute approximate surface area is 148 Å². The lowest BCUT2D eigenvalue weighted by Crippen LogP contribution is -2.41. The quantitative estimate of drug-likeness (QED) is 0.871. The van der Waals surface area contributed by atoms with Crippen molar-refractivity contribution in [3.05, 3.63) is 24.3 Å². The molecule has 1 aromatic carbocycles. The van der Waals surface area contributed by atoms with Crippen molar-refractivity contribution in [2.45, 2.75) is 25.7 Å². The van der Waals surface area contributed by atoms with E-state index >= 15 is 0 Å². The first-order valence-electron chi connectivity index (χ1n) is 9.38. The fourth-order valence-corrected chi connectivity index (χ4v) is 3.83. The van der Waals surface area contributed by atoms with Crippen LogP contribution >= 0.6 is 0 Å². The van der Waals surface area contributed by atoms with E-state index in [1.165, 1.54) is 6.42 Å². The molecule has 25 heavy (non-hydrogen) atoms. The minimum Gasteiger partial charge on any atom is -0.423 e. The number of para-hydroxylation sites is 2. The molecule has 1 atom stereocenters. The summed E-state index contributed by atoms with van der Waals surface area (Å²) in [5.74, 6) is 1.05. The zero-order chi connectivity index (χ0) is 17.1. The number of aromatic nitrogens is 1. The summed E-state index contributed by atoms with van der Waals surface area (Å²) in [5, 5.41) is 6.50. The van der Waals surface area contributed by atoms with Gasteiger partial charge in [0.1, 0.15) is 5.52 Å². The monoisotopic (exact) mass is 342 g/mol. The van der Waals surface area contributed by atoms with Crippen LogP contribution in [0.2, 0.25) is 0 Å². The van der Waals surface area contributed by atoms with E-state index in [1.807, 2.05) is 24.3 Å². The highest BCUT2D eigenvalue weighted by Crippen LogP contribution is 2.26. The second kappa shape index (κ2) is 7.44. The highest BCUT2D eigenvalue weighted by molar-refractivity contribution is 5.79. The largest absolute Gasteiger partial charge is 0.423 e. The predicted octanol–water partition coefficient (Wildman–Crippen LogP) is 2.16. The number of carbonyl (C=O) groups excluding carboxylic acids is 1. The third-order valence-electron chi connectivity index (χ3n) is 5.43. The van der Waals surface area contributed by atoms with Crippen molar-refractivity contribution in [2.24, 2.45) is 11.8 Å². The Bertz CT molecular complexity index is 682. The highest BCUT2D eigenvalue weighted by atomic mass is 16.4. The summed E-state index contributed by atoms with van der Waals surface area (Å²) < 4.78 is 5.83. The number of anilines is 1. The van der Waals surface area contributed by atoms with Crippen LogP contribution in [0.5, 0.6) is 0 Å². The summed E-state index contributed by atoms with van der Waals surface area (Å²) in [5.41, 5.74) is 1.71. The van der Waals surface area contributed by atoms with Gasteiger partial charge in [0, 0.05) is 25.6 Å². The number of nitrogens with zero attached hydrogens (tertiary/aromatic N) is 2. The van der Waals surface area contributed by atoms with E-state index in [1.54, 1.807) is 0 Å². The van der Waals surface area contributed by atoms with Gasteiger partial charge in [0.25, 0.3) is 6.01 Å². The van der Waals surface area contributed by atoms with E-state index < -0.39 is 0 Å². The molecule has 0 saturated carbocycles. The van der Waals surface area contributed by atoms with E-state index in [-0.39, 0.29) is 11.8 Å². The molecule has 6 nitrogen and oxygen atoms in total. The van der Waals surface area contributed by atoms with Gasteiger partial charge in [-0.1, -0.05) is 12.1 Å². The Hall–Kier alpha value is -2.08. The lowest BCUT2D eigenvalue weighted by Gasteiger charge is -2.30. The first-order chi connectivity index (χ1) is 12.3. The van der Waals surface area contributed by atoms with Crippen LogP contribution < -0.4 is 15.5 Å². The molecule has 2 fully saturated rings. The fourth-order valence-electron chi connectivity index (χ4n) is 3.83. The van der Waals surface area contributed by atoms with Gasteiger partial charge >= 0.3 is 0 Å². The second-order valence-electron chi connectivity index (χ2n) is 7.16. The van der Waals surface area contributed by atoms with E-state index in [0.717, 1.165) is 69.0 Å². The summed E-state index contributed by atoms with van der Waals surface area (Å²) in [4.78, 5) is 19.1. The first-order valence-corrected chi connectivity index (χ1v) is 9.38. The molecular weight excluding hydrogens is 316 g/mol. The number of rotatable bonds is 5. The molecule has 0 radical (unpaired) electrons. The number of oxazole rings is 1. The maximum absolute atomic E-state index is 12.4. The molecular formula is C19H26N4O2. The molecule has 1 amide bonds. The van der Waals surface area contributed by atoms with Crippen LogP contribution in [0.4, 0.5) is 6.01 Å². The topological polar surface area (TPSA) is 70.4 Å². The van der Waals surface area contributed by atoms with Crippen molar-refractivity contribution < 1.29 is 9.21 Å². The number of benzene rings is 1. The molecule has 2 aromatic rings. The zero-order valence-corrected chi connectivity index (χ0v) is 14.5. The number of nitrogens with one attached hydrogen (secondary N) is 2. The molecule has 2 N–H and O–H groups in total. The summed E-state index contributed by atoms with van der Waals surface area (Å²) >= 11 is 0. The van der Waals surface area contributed by atoms with Gasteiger partial charge in [-0.25, -0.2) is 0 Å². The average Bonchev–Trinajstić information content (AvgIpc) is 3.31. The van der Waals surface area contributed by atoms with Crippen LogP contribution in [0.25, 0.3) is 11.1 Å². The van der Waals surface area contributed by atoms with E-state index in [0.29, 0.717) is 6.01 Å². The van der Waals surface area contributed by atoms with Gasteiger partial charge in [-0.15, -0.1) is 0 Å². The molecule has 1 unspecified atom stereocenters. The highest BCUT2D eigenvalue weighted by Gasteiger charge is 2.27. The second-order valence-corrected chi connectivity index (χ2v) is 7.16. The fraction of sp³-hybridized carbons (Fsp3) is 0.579. The number of amides is 1. The number of piperidine rings is 1. The van der Waals surface area contributed by atoms with Gasteiger partial charge in [-0.2, -0.15) is 4.98 Å². The average molecular weight is 342 g/mol. The molecule has 2 aliphatic heterocycles. The van der Waals surface area contributed by atoms with Crippen LogP contribution in [-0.4, -0.2) is 43.6 Å². The minimum atomic E-state index is 0.113. The maximum Gasteiger partial charge on any atom is 0.298 e. The van der Waals surface area contributed by atoms with Crippen LogP contribution in [0.3, 0.4) is 0 Å². The first kappa shape index (κ1) is 16.4. The van der Waals surface area contributed by atoms with Crippen LogP contribution in [0.15, 0.2) is 28.7 Å². The van der Waals surface area contributed by atoms with Gasteiger partial charge < -0.3 is 20.0 Å². The van der Waals surface area contributed by atoms with Crippen LogP contribution in [-0.2, 0) is 4.79 Å².